The van der Waals surface area contributed by atoms with Gasteiger partial charge in [0.05, 0.1) is 11.4 Å². The molecule has 3 aromatic heterocycles. The fourth-order valence-corrected chi connectivity index (χ4v) is 3.20. The number of aromatic amines is 1. The number of hydrogen-bond donors (Lipinski definition) is 1. The minimum absolute atomic E-state index is 0.0967. The molecule has 1 saturated heterocycles. The Kier molecular flexibility index (Phi) is 3.60. The van der Waals surface area contributed by atoms with Crippen molar-refractivity contribution in [3.05, 3.63) is 31.2 Å². The van der Waals surface area contributed by atoms with Crippen molar-refractivity contribution >= 4 is 22.9 Å². The van der Waals surface area contributed by atoms with Gasteiger partial charge in [-0.25, -0.2) is 19.7 Å². The summed E-state index contributed by atoms with van der Waals surface area (Å²) in [7, 11) is 1.81. The summed E-state index contributed by atoms with van der Waals surface area (Å²) in [5.74, 6) is 0.910. The van der Waals surface area contributed by atoms with Crippen LogP contribution in [0.1, 0.15) is 12.8 Å². The summed E-state index contributed by atoms with van der Waals surface area (Å²) in [6.07, 6.45) is 8.17. The van der Waals surface area contributed by atoms with Crippen LogP contribution >= 0.6 is 0 Å². The predicted octanol–water partition coefficient (Wildman–Crippen LogP) is 1.12. The maximum Gasteiger partial charge on any atom is 0.346 e. The molecule has 1 atom stereocenters. The Hall–Kier alpha value is -2.97. The zero-order chi connectivity index (χ0) is 16.5. The molecule has 0 saturated carbocycles. The Bertz CT molecular complexity index is 842. The summed E-state index contributed by atoms with van der Waals surface area (Å²) in [4.78, 5) is 32.0. The highest BCUT2D eigenvalue weighted by Crippen LogP contribution is 2.26. The van der Waals surface area contributed by atoms with E-state index in [9.17, 15) is 4.79 Å². The van der Waals surface area contributed by atoms with Gasteiger partial charge >= 0.3 is 6.03 Å². The second kappa shape index (κ2) is 5.91. The van der Waals surface area contributed by atoms with E-state index < -0.39 is 0 Å². The van der Waals surface area contributed by atoms with Crippen molar-refractivity contribution in [3.8, 4) is 0 Å². The summed E-state index contributed by atoms with van der Waals surface area (Å²) >= 11 is 0. The second-order valence-electron chi connectivity index (χ2n) is 5.91. The van der Waals surface area contributed by atoms with Gasteiger partial charge in [-0.3, -0.25) is 0 Å². The third-order valence-electron chi connectivity index (χ3n) is 4.49. The van der Waals surface area contributed by atoms with Crippen molar-refractivity contribution < 1.29 is 4.79 Å². The summed E-state index contributed by atoms with van der Waals surface area (Å²) < 4.78 is 1.26. The van der Waals surface area contributed by atoms with Crippen LogP contribution in [-0.4, -0.2) is 66.8 Å². The fourth-order valence-electron chi connectivity index (χ4n) is 3.20. The molecular formula is C15H18N8O. The van der Waals surface area contributed by atoms with Gasteiger partial charge in [0, 0.05) is 26.3 Å². The highest BCUT2D eigenvalue weighted by Gasteiger charge is 2.28. The van der Waals surface area contributed by atoms with E-state index in [1.807, 2.05) is 19.3 Å². The predicted molar refractivity (Wildman–Crippen MR) is 87.7 cm³/mol. The lowest BCUT2D eigenvalue weighted by atomic mass is 10.0. The number of hydrogen-bond acceptors (Lipinski definition) is 6. The van der Waals surface area contributed by atoms with Crippen LogP contribution in [0.4, 0.5) is 10.6 Å². The molecule has 1 N–H and O–H groups in total. The highest BCUT2D eigenvalue weighted by atomic mass is 16.2. The van der Waals surface area contributed by atoms with E-state index in [1.165, 1.54) is 17.3 Å². The first-order valence-corrected chi connectivity index (χ1v) is 7.89. The van der Waals surface area contributed by atoms with Crippen LogP contribution in [0.2, 0.25) is 0 Å². The average molecular weight is 326 g/mol. The van der Waals surface area contributed by atoms with E-state index in [0.29, 0.717) is 0 Å². The van der Waals surface area contributed by atoms with Gasteiger partial charge in [0.15, 0.2) is 0 Å². The standard InChI is InChI=1S/C15H18N8O/c1-21(15(24)23-10-16-8-20-23)11-3-2-6-22(7-11)14-12-4-5-17-13(12)18-9-19-14/h4-5,8-11H,2-3,6-7H2,1H3,(H,17,18,19). The average Bonchev–Trinajstić information content (AvgIpc) is 3.31. The maximum atomic E-state index is 12.5. The first-order valence-electron chi connectivity index (χ1n) is 7.89. The van der Waals surface area contributed by atoms with Crippen molar-refractivity contribution in [3.63, 3.8) is 0 Å². The molecule has 0 aromatic carbocycles. The van der Waals surface area contributed by atoms with Crippen molar-refractivity contribution in [2.75, 3.05) is 25.0 Å². The van der Waals surface area contributed by atoms with Crippen LogP contribution in [0.25, 0.3) is 11.0 Å². The molecule has 4 rings (SSSR count). The lowest BCUT2D eigenvalue weighted by molar-refractivity contribution is 0.181. The number of amides is 1. The summed E-state index contributed by atoms with van der Waals surface area (Å²) in [6, 6.07) is 1.91. The van der Waals surface area contributed by atoms with Crippen LogP contribution < -0.4 is 4.90 Å². The van der Waals surface area contributed by atoms with Crippen molar-refractivity contribution in [1.29, 1.82) is 0 Å². The molecule has 24 heavy (non-hydrogen) atoms. The van der Waals surface area contributed by atoms with Gasteiger partial charge in [-0.15, -0.1) is 0 Å². The third kappa shape index (κ3) is 2.47. The Labute approximate surface area is 138 Å². The molecule has 0 radical (unpaired) electrons. The van der Waals surface area contributed by atoms with E-state index >= 15 is 0 Å². The largest absolute Gasteiger partial charge is 0.354 e. The molecule has 1 aliphatic heterocycles. The van der Waals surface area contributed by atoms with Gasteiger partial charge < -0.3 is 14.8 Å². The summed E-state index contributed by atoms with van der Waals surface area (Å²) in [6.45, 7) is 1.65. The highest BCUT2D eigenvalue weighted by molar-refractivity contribution is 5.87. The molecule has 0 bridgehead atoms. The Morgan fingerprint density at radius 3 is 3.12 bits per heavy atom. The normalized spacial score (nSPS) is 18.0. The van der Waals surface area contributed by atoms with E-state index in [2.05, 4.69) is 29.9 Å². The monoisotopic (exact) mass is 326 g/mol. The van der Waals surface area contributed by atoms with E-state index in [-0.39, 0.29) is 12.1 Å². The summed E-state index contributed by atoms with van der Waals surface area (Å²) in [5, 5.41) is 4.92. The smallest absolute Gasteiger partial charge is 0.346 e. The molecule has 9 heteroatoms. The number of aromatic nitrogens is 6. The molecule has 0 aliphatic carbocycles. The third-order valence-corrected chi connectivity index (χ3v) is 4.49. The van der Waals surface area contributed by atoms with Crippen LogP contribution in [-0.2, 0) is 0 Å². The van der Waals surface area contributed by atoms with E-state index in [1.54, 1.807) is 11.2 Å². The molecule has 0 spiro atoms. The first-order chi connectivity index (χ1) is 11.7. The zero-order valence-electron chi connectivity index (χ0n) is 13.3. The Morgan fingerprint density at radius 2 is 2.29 bits per heavy atom. The minimum atomic E-state index is -0.172. The molecule has 4 heterocycles. The fraction of sp³-hybridized carbons (Fsp3) is 0.400. The molecule has 1 amide bonds. The molecule has 3 aromatic rings. The molecule has 1 aliphatic rings. The van der Waals surface area contributed by atoms with Gasteiger partial charge in [-0.05, 0) is 18.9 Å². The Morgan fingerprint density at radius 1 is 1.38 bits per heavy atom. The van der Waals surface area contributed by atoms with Crippen molar-refractivity contribution in [2.45, 2.75) is 18.9 Å². The SMILES string of the molecule is CN(C(=O)n1cncn1)C1CCCN(c2ncnc3[nH]ccc23)C1. The molecule has 1 fully saturated rings. The minimum Gasteiger partial charge on any atom is -0.354 e. The Balaban J connectivity index is 1.55. The zero-order valence-corrected chi connectivity index (χ0v) is 13.3. The van der Waals surface area contributed by atoms with Crippen LogP contribution in [0.3, 0.4) is 0 Å². The van der Waals surface area contributed by atoms with Crippen LogP contribution in [0.5, 0.6) is 0 Å². The molecule has 9 nitrogen and oxygen atoms in total. The van der Waals surface area contributed by atoms with Crippen molar-refractivity contribution in [2.24, 2.45) is 0 Å². The molecule has 1 unspecified atom stereocenters. The first kappa shape index (κ1) is 14.6. The summed E-state index contributed by atoms with van der Waals surface area (Å²) in [5.41, 5.74) is 0.828. The van der Waals surface area contributed by atoms with Gasteiger partial charge in [-0.1, -0.05) is 0 Å². The number of nitrogens with one attached hydrogen (secondary N) is 1. The van der Waals surface area contributed by atoms with Crippen LogP contribution in [0, 0.1) is 0 Å². The molecule has 124 valence electrons. The molecular weight excluding hydrogens is 308 g/mol. The number of anilines is 1. The topological polar surface area (TPSA) is 95.8 Å². The quantitative estimate of drug-likeness (QED) is 0.758. The number of fused-ring (bicyclic) bond motifs is 1. The number of carbonyl (C=O) groups is 1. The van der Waals surface area contributed by atoms with Gasteiger partial charge in [0.2, 0.25) is 0 Å². The van der Waals surface area contributed by atoms with Crippen LogP contribution in [0.15, 0.2) is 31.2 Å². The lowest BCUT2D eigenvalue weighted by Gasteiger charge is -2.38. The number of nitrogens with zero attached hydrogens (tertiary/aromatic N) is 7. The van der Waals surface area contributed by atoms with Gasteiger partial charge in [0.1, 0.15) is 30.4 Å². The van der Waals surface area contributed by atoms with E-state index in [4.69, 9.17) is 0 Å². The number of rotatable bonds is 2. The lowest BCUT2D eigenvalue weighted by Crippen LogP contribution is -2.50. The number of likely N-dealkylation sites (N-methyl/N-ethyl adjacent to an activating group) is 1. The van der Waals surface area contributed by atoms with Crippen molar-refractivity contribution in [1.82, 2.24) is 34.6 Å². The number of carbonyl (C=O) groups excluding carboxylic acids is 1. The van der Waals surface area contributed by atoms with Gasteiger partial charge in [-0.2, -0.15) is 9.78 Å². The number of H-pyrrole nitrogens is 1. The number of piperidine rings is 1. The van der Waals surface area contributed by atoms with E-state index in [0.717, 1.165) is 42.8 Å². The maximum absolute atomic E-state index is 12.5. The van der Waals surface area contributed by atoms with Gasteiger partial charge in [0.25, 0.3) is 0 Å². The second-order valence-corrected chi connectivity index (χ2v) is 5.91.